The molecule has 6 atom stereocenters. The number of thioether (sulfide) groups is 1. The number of nitrogen functional groups attached to an aromatic ring is 1. The minimum absolute atomic E-state index is 0.0464. The number of carbonyl (C=O) groups is 2. The Morgan fingerprint density at radius 2 is 1.65 bits per heavy atom. The first-order valence-corrected chi connectivity index (χ1v) is 13.9. The van der Waals surface area contributed by atoms with Crippen LogP contribution in [-0.2, 0) is 37.2 Å². The van der Waals surface area contributed by atoms with Crippen LogP contribution in [-0.4, -0.2) is 63.3 Å². The van der Waals surface area contributed by atoms with Crippen molar-refractivity contribution in [2.24, 2.45) is 11.8 Å². The average molecular weight is 570 g/mol. The van der Waals surface area contributed by atoms with Gasteiger partial charge in [0.1, 0.15) is 17.3 Å². The Balaban J connectivity index is 2.16. The van der Waals surface area contributed by atoms with Gasteiger partial charge in [0.15, 0.2) is 6.17 Å². The number of esters is 2. The number of hydrogen-bond acceptors (Lipinski definition) is 13. The third-order valence-electron chi connectivity index (χ3n) is 4.88. The van der Waals surface area contributed by atoms with E-state index in [1.807, 2.05) is 0 Å². The highest BCUT2D eigenvalue weighted by Crippen LogP contribution is 2.54. The zero-order chi connectivity index (χ0) is 28.1. The molecule has 1 fully saturated rings. The topological polar surface area (TPSA) is 178 Å². The van der Waals surface area contributed by atoms with E-state index >= 15 is 0 Å². The molecule has 0 aromatic carbocycles. The number of anilines is 1. The van der Waals surface area contributed by atoms with Gasteiger partial charge in [-0.25, -0.2) is 22.8 Å². The second-order valence-corrected chi connectivity index (χ2v) is 11.7. The van der Waals surface area contributed by atoms with E-state index in [0.717, 1.165) is 16.3 Å². The molecule has 210 valence electrons. The highest BCUT2D eigenvalue weighted by molar-refractivity contribution is 8.00. The Morgan fingerprint density at radius 1 is 1.14 bits per heavy atom. The Hall–Kier alpha value is -2.03. The molecule has 0 bridgehead atoms. The van der Waals surface area contributed by atoms with Crippen LogP contribution in [0.4, 0.5) is 10.2 Å². The summed E-state index contributed by atoms with van der Waals surface area (Å²) in [6.07, 6.45) is -5.07. The van der Waals surface area contributed by atoms with Crippen LogP contribution in [0.3, 0.4) is 0 Å². The monoisotopic (exact) mass is 569 g/mol. The van der Waals surface area contributed by atoms with Crippen LogP contribution in [0, 0.1) is 11.8 Å². The molecule has 1 saturated heterocycles. The van der Waals surface area contributed by atoms with Gasteiger partial charge in [0, 0.05) is 6.20 Å². The third kappa shape index (κ3) is 8.76. The lowest BCUT2D eigenvalue weighted by Gasteiger charge is -2.26. The molecule has 1 aromatic heterocycles. The maximum atomic E-state index is 14.9. The first kappa shape index (κ1) is 31.2. The quantitative estimate of drug-likeness (QED) is 0.213. The number of aromatic nitrogens is 2. The number of aliphatic hydroxyl groups excluding tert-OH is 1. The molecule has 2 unspecified atom stereocenters. The summed E-state index contributed by atoms with van der Waals surface area (Å²) in [5, 5.41) is 8.22. The lowest BCUT2D eigenvalue weighted by molar-refractivity contribution is -0.174. The van der Waals surface area contributed by atoms with Crippen LogP contribution in [0.5, 0.6) is 0 Å². The van der Waals surface area contributed by atoms with Gasteiger partial charge in [0.2, 0.25) is 12.6 Å². The van der Waals surface area contributed by atoms with Crippen molar-refractivity contribution in [3.8, 4) is 0 Å². The SMILES string of the molecule is CC(OC(=O)C(C)C)OP(=O)(OC[C@H]1S[C@@H](n2ccc(N)nc2=O)[C@@H](F)[C@@H]1O)OC(C)OC(=O)C(C)C. The minimum atomic E-state index is -4.61. The molecule has 2 heterocycles. The summed E-state index contributed by atoms with van der Waals surface area (Å²) in [7, 11) is -4.61. The number of phosphoric ester groups is 1. The van der Waals surface area contributed by atoms with Gasteiger partial charge in [-0.05, 0) is 19.9 Å². The summed E-state index contributed by atoms with van der Waals surface area (Å²) in [6, 6.07) is 1.31. The van der Waals surface area contributed by atoms with Gasteiger partial charge in [-0.15, -0.1) is 11.8 Å². The number of phosphoric acid groups is 1. The number of nitrogens with two attached hydrogens (primary N) is 1. The predicted molar refractivity (Wildman–Crippen MR) is 131 cm³/mol. The lowest BCUT2D eigenvalue weighted by Crippen LogP contribution is -2.33. The van der Waals surface area contributed by atoms with Crippen molar-refractivity contribution in [3.63, 3.8) is 0 Å². The van der Waals surface area contributed by atoms with Crippen LogP contribution in [0.1, 0.15) is 46.9 Å². The number of carbonyl (C=O) groups excluding carboxylic acids is 2. The van der Waals surface area contributed by atoms with Crippen molar-refractivity contribution >= 4 is 37.3 Å². The molecule has 0 amide bonds. The fourth-order valence-corrected chi connectivity index (χ4v) is 5.79. The summed E-state index contributed by atoms with van der Waals surface area (Å²) >= 11 is 0.837. The molecular weight excluding hydrogens is 536 g/mol. The Morgan fingerprint density at radius 3 is 2.11 bits per heavy atom. The second-order valence-electron chi connectivity index (χ2n) is 8.81. The molecular formula is C21H33FN3O10PS. The molecule has 1 aliphatic heterocycles. The van der Waals surface area contributed by atoms with Crippen molar-refractivity contribution in [3.05, 3.63) is 22.7 Å². The highest BCUT2D eigenvalue weighted by atomic mass is 32.2. The predicted octanol–water partition coefficient (Wildman–Crippen LogP) is 2.39. The Labute approximate surface area is 217 Å². The van der Waals surface area contributed by atoms with E-state index in [0.29, 0.717) is 0 Å². The maximum Gasteiger partial charge on any atom is 0.481 e. The summed E-state index contributed by atoms with van der Waals surface area (Å²) in [5.41, 5.74) is 4.66. The average Bonchev–Trinajstić information content (AvgIpc) is 3.05. The van der Waals surface area contributed by atoms with Crippen LogP contribution >= 0.6 is 19.6 Å². The molecule has 0 spiro atoms. The Kier molecular flexibility index (Phi) is 11.1. The van der Waals surface area contributed by atoms with Crippen molar-refractivity contribution in [1.29, 1.82) is 0 Å². The van der Waals surface area contributed by atoms with E-state index in [2.05, 4.69) is 4.98 Å². The fraction of sp³-hybridized carbons (Fsp3) is 0.714. The number of nitrogens with zero attached hydrogens (tertiary/aromatic N) is 2. The lowest BCUT2D eigenvalue weighted by atomic mass is 10.1. The van der Waals surface area contributed by atoms with Crippen LogP contribution in [0.2, 0.25) is 0 Å². The molecule has 0 radical (unpaired) electrons. The zero-order valence-electron chi connectivity index (χ0n) is 21.3. The van der Waals surface area contributed by atoms with Crippen molar-refractivity contribution < 1.29 is 46.7 Å². The van der Waals surface area contributed by atoms with E-state index in [1.54, 1.807) is 27.7 Å². The first-order chi connectivity index (χ1) is 17.1. The van der Waals surface area contributed by atoms with Crippen LogP contribution in [0.25, 0.3) is 0 Å². The molecule has 0 saturated carbocycles. The molecule has 3 N–H and O–H groups in total. The molecule has 16 heteroatoms. The fourth-order valence-electron chi connectivity index (χ4n) is 2.94. The van der Waals surface area contributed by atoms with E-state index in [9.17, 15) is 28.4 Å². The minimum Gasteiger partial charge on any atom is -0.435 e. The summed E-state index contributed by atoms with van der Waals surface area (Å²) in [6.45, 7) is 8.32. The van der Waals surface area contributed by atoms with E-state index < -0.39 is 79.4 Å². The molecule has 1 aromatic rings. The van der Waals surface area contributed by atoms with Crippen LogP contribution < -0.4 is 11.4 Å². The van der Waals surface area contributed by atoms with E-state index in [1.165, 1.54) is 26.1 Å². The van der Waals surface area contributed by atoms with E-state index in [4.69, 9.17) is 28.8 Å². The van der Waals surface area contributed by atoms with Gasteiger partial charge < -0.3 is 20.3 Å². The smallest absolute Gasteiger partial charge is 0.435 e. The number of ether oxygens (including phenoxy) is 2. The summed E-state index contributed by atoms with van der Waals surface area (Å²) < 4.78 is 55.2. The zero-order valence-corrected chi connectivity index (χ0v) is 23.0. The van der Waals surface area contributed by atoms with Gasteiger partial charge in [-0.1, -0.05) is 27.7 Å². The largest absolute Gasteiger partial charge is 0.481 e. The summed E-state index contributed by atoms with van der Waals surface area (Å²) in [5.74, 6) is -2.35. The second kappa shape index (κ2) is 13.2. The number of alkyl halides is 1. The number of halogens is 1. The number of aliphatic hydroxyl groups is 1. The van der Waals surface area contributed by atoms with Crippen molar-refractivity contribution in [2.45, 2.75) is 77.0 Å². The standard InChI is InChI=1S/C21H33FN3O10PS/c1-10(2)19(27)32-12(5)34-36(30,35-13(6)33-20(28)11(3)4)31-9-14-17(26)16(22)18(37-14)25-8-7-15(23)24-21(25)29/h7-8,10-14,16-18,26H,9H2,1-6H3,(H2,23,24,29)/t12?,13?,14-,16+,17-,18-,36?/m1/s1. The van der Waals surface area contributed by atoms with Gasteiger partial charge >= 0.3 is 25.5 Å². The van der Waals surface area contributed by atoms with Gasteiger partial charge in [0.25, 0.3) is 0 Å². The van der Waals surface area contributed by atoms with Gasteiger partial charge in [-0.2, -0.15) is 4.98 Å². The van der Waals surface area contributed by atoms with Crippen molar-refractivity contribution in [2.75, 3.05) is 12.3 Å². The Bertz CT molecular complexity index is 1020. The van der Waals surface area contributed by atoms with Gasteiger partial charge in [0.05, 0.1) is 23.7 Å². The number of rotatable bonds is 12. The van der Waals surface area contributed by atoms with Gasteiger partial charge in [-0.3, -0.25) is 18.7 Å². The molecule has 13 nitrogen and oxygen atoms in total. The van der Waals surface area contributed by atoms with E-state index in [-0.39, 0.29) is 5.82 Å². The highest BCUT2D eigenvalue weighted by Gasteiger charge is 2.47. The third-order valence-corrected chi connectivity index (χ3v) is 7.98. The first-order valence-electron chi connectivity index (χ1n) is 11.5. The molecule has 37 heavy (non-hydrogen) atoms. The molecule has 1 aliphatic rings. The number of hydrogen-bond donors (Lipinski definition) is 2. The normalized spacial score (nSPS) is 25.0. The molecule has 2 rings (SSSR count). The summed E-state index contributed by atoms with van der Waals surface area (Å²) in [4.78, 5) is 39.4. The maximum absolute atomic E-state index is 14.9. The van der Waals surface area contributed by atoms with Crippen molar-refractivity contribution in [1.82, 2.24) is 9.55 Å². The van der Waals surface area contributed by atoms with Crippen LogP contribution in [0.15, 0.2) is 17.1 Å². The molecule has 0 aliphatic carbocycles.